The third kappa shape index (κ3) is 3.86. The van der Waals surface area contributed by atoms with Crippen molar-refractivity contribution in [2.24, 2.45) is 0 Å². The number of anilines is 1. The predicted molar refractivity (Wildman–Crippen MR) is 105 cm³/mol. The summed E-state index contributed by atoms with van der Waals surface area (Å²) in [5.74, 6) is 1.85. The Labute approximate surface area is 160 Å². The van der Waals surface area contributed by atoms with Crippen molar-refractivity contribution >= 4 is 34.8 Å². The Balaban J connectivity index is 1.47. The average molecular weight is 389 g/mol. The molecule has 0 bridgehead atoms. The molecule has 1 aliphatic rings. The molecule has 0 atom stereocenters. The summed E-state index contributed by atoms with van der Waals surface area (Å²) in [7, 11) is 0. The Morgan fingerprint density at radius 1 is 1.46 bits per heavy atom. The van der Waals surface area contributed by atoms with Crippen molar-refractivity contribution in [3.05, 3.63) is 35.5 Å². The summed E-state index contributed by atoms with van der Waals surface area (Å²) in [5, 5.41) is 10.7. The van der Waals surface area contributed by atoms with Crippen molar-refractivity contribution in [1.82, 2.24) is 14.8 Å². The van der Waals surface area contributed by atoms with Crippen LogP contribution in [0.3, 0.4) is 0 Å². The van der Waals surface area contributed by atoms with Gasteiger partial charge in [0.25, 0.3) is 0 Å². The fourth-order valence-corrected chi connectivity index (χ4v) is 4.96. The van der Waals surface area contributed by atoms with Crippen molar-refractivity contribution in [2.75, 3.05) is 11.1 Å². The van der Waals surface area contributed by atoms with E-state index in [1.165, 1.54) is 37.0 Å². The molecular weight excluding hydrogens is 368 g/mol. The number of thiazole rings is 1. The van der Waals surface area contributed by atoms with E-state index in [-0.39, 0.29) is 5.91 Å². The molecule has 3 aromatic heterocycles. The van der Waals surface area contributed by atoms with Gasteiger partial charge in [0.2, 0.25) is 11.0 Å². The monoisotopic (exact) mass is 388 g/mol. The number of aromatic nitrogens is 3. The van der Waals surface area contributed by atoms with Gasteiger partial charge in [0.05, 0.1) is 17.7 Å². The second kappa shape index (κ2) is 7.67. The van der Waals surface area contributed by atoms with Crippen LogP contribution < -0.4 is 5.32 Å². The van der Waals surface area contributed by atoms with Gasteiger partial charge < -0.3 is 9.73 Å². The van der Waals surface area contributed by atoms with E-state index in [4.69, 9.17) is 4.42 Å². The highest BCUT2D eigenvalue weighted by Crippen LogP contribution is 2.30. The molecule has 0 aromatic carbocycles. The lowest BCUT2D eigenvalue weighted by Crippen LogP contribution is -2.18. The summed E-state index contributed by atoms with van der Waals surface area (Å²) in [6.07, 6.45) is 6.65. The molecule has 1 amide bonds. The first kappa shape index (κ1) is 17.4. The van der Waals surface area contributed by atoms with Gasteiger partial charge in [-0.05, 0) is 31.9 Å². The molecule has 6 nitrogen and oxygen atoms in total. The summed E-state index contributed by atoms with van der Waals surface area (Å²) in [6, 6.07) is 5.57. The minimum absolute atomic E-state index is 0.00543. The lowest BCUT2D eigenvalue weighted by Gasteiger charge is -2.09. The number of amides is 1. The fraction of sp³-hybridized carbons (Fsp3) is 0.389. The minimum Gasteiger partial charge on any atom is -0.463 e. The van der Waals surface area contributed by atoms with Gasteiger partial charge in [-0.3, -0.25) is 4.79 Å². The van der Waals surface area contributed by atoms with Gasteiger partial charge in [-0.25, -0.2) is 4.98 Å². The number of carbonyl (C=O) groups is 1. The van der Waals surface area contributed by atoms with E-state index >= 15 is 0 Å². The number of rotatable bonds is 6. The third-order valence-electron chi connectivity index (χ3n) is 4.30. The Kier molecular flexibility index (Phi) is 5.12. The van der Waals surface area contributed by atoms with Crippen molar-refractivity contribution in [3.63, 3.8) is 0 Å². The van der Waals surface area contributed by atoms with Crippen LogP contribution in [-0.4, -0.2) is 31.7 Å². The van der Waals surface area contributed by atoms with Crippen LogP contribution in [0.2, 0.25) is 0 Å². The minimum atomic E-state index is 0.00543. The number of furan rings is 1. The molecule has 3 heterocycles. The molecule has 1 saturated carbocycles. The predicted octanol–water partition coefficient (Wildman–Crippen LogP) is 4.51. The standard InChI is InChI=1S/C18H20N4O2S2/c1-12-9-16(20-17(23)11-25-13-5-2-3-6-13)22(21-12)18-19-14(10-26-18)15-7-4-8-24-15/h4,7-10,13H,2-3,5-6,11H2,1H3,(H,20,23). The largest absolute Gasteiger partial charge is 0.463 e. The molecular formula is C18H20N4O2S2. The van der Waals surface area contributed by atoms with Crippen LogP contribution in [0, 0.1) is 6.92 Å². The Hall–Kier alpha value is -2.06. The summed E-state index contributed by atoms with van der Waals surface area (Å²) in [5.41, 5.74) is 1.59. The molecule has 136 valence electrons. The molecule has 4 rings (SSSR count). The first-order valence-corrected chi connectivity index (χ1v) is 10.6. The van der Waals surface area contributed by atoms with Crippen molar-refractivity contribution in [1.29, 1.82) is 0 Å². The molecule has 0 aliphatic heterocycles. The number of carbonyl (C=O) groups excluding carboxylic acids is 1. The molecule has 1 N–H and O–H groups in total. The van der Waals surface area contributed by atoms with E-state index in [9.17, 15) is 4.79 Å². The number of hydrogen-bond donors (Lipinski definition) is 1. The van der Waals surface area contributed by atoms with Crippen LogP contribution in [0.25, 0.3) is 16.6 Å². The first-order chi connectivity index (χ1) is 12.7. The van der Waals surface area contributed by atoms with Crippen LogP contribution in [0.15, 0.2) is 34.3 Å². The van der Waals surface area contributed by atoms with Gasteiger partial charge >= 0.3 is 0 Å². The van der Waals surface area contributed by atoms with Crippen LogP contribution in [0.5, 0.6) is 0 Å². The molecule has 3 aromatic rings. The normalized spacial score (nSPS) is 14.8. The number of nitrogens with one attached hydrogen (secondary N) is 1. The maximum atomic E-state index is 12.3. The Bertz CT molecular complexity index is 879. The summed E-state index contributed by atoms with van der Waals surface area (Å²) in [6.45, 7) is 1.90. The highest BCUT2D eigenvalue weighted by atomic mass is 32.2. The van der Waals surface area contributed by atoms with E-state index in [0.717, 1.165) is 17.1 Å². The zero-order valence-corrected chi connectivity index (χ0v) is 16.1. The zero-order valence-electron chi connectivity index (χ0n) is 14.5. The smallest absolute Gasteiger partial charge is 0.235 e. The SMILES string of the molecule is Cc1cc(NC(=O)CSC2CCCC2)n(-c2nc(-c3ccco3)cs2)n1. The van der Waals surface area contributed by atoms with Crippen molar-refractivity contribution in [2.45, 2.75) is 37.9 Å². The molecule has 1 aliphatic carbocycles. The lowest BCUT2D eigenvalue weighted by molar-refractivity contribution is -0.113. The molecule has 0 saturated heterocycles. The summed E-state index contributed by atoms with van der Waals surface area (Å²) >= 11 is 3.22. The Morgan fingerprint density at radius 3 is 3.08 bits per heavy atom. The van der Waals surface area contributed by atoms with Gasteiger partial charge in [0.1, 0.15) is 11.5 Å². The van der Waals surface area contributed by atoms with E-state index < -0.39 is 0 Å². The molecule has 0 unspecified atom stereocenters. The maximum absolute atomic E-state index is 12.3. The third-order valence-corrected chi connectivity index (χ3v) is 6.49. The maximum Gasteiger partial charge on any atom is 0.235 e. The van der Waals surface area contributed by atoms with Crippen LogP contribution in [0.1, 0.15) is 31.4 Å². The van der Waals surface area contributed by atoms with Gasteiger partial charge in [-0.1, -0.05) is 12.8 Å². The van der Waals surface area contributed by atoms with Crippen molar-refractivity contribution < 1.29 is 9.21 Å². The number of hydrogen-bond acceptors (Lipinski definition) is 6. The highest BCUT2D eigenvalue weighted by Gasteiger charge is 2.18. The van der Waals surface area contributed by atoms with E-state index in [0.29, 0.717) is 22.0 Å². The quantitative estimate of drug-likeness (QED) is 0.672. The van der Waals surface area contributed by atoms with Crippen LogP contribution in [0.4, 0.5) is 5.82 Å². The van der Waals surface area contributed by atoms with Crippen LogP contribution >= 0.6 is 23.1 Å². The molecule has 0 spiro atoms. The number of aryl methyl sites for hydroxylation is 1. The summed E-state index contributed by atoms with van der Waals surface area (Å²) < 4.78 is 7.08. The molecule has 0 radical (unpaired) electrons. The Morgan fingerprint density at radius 2 is 2.31 bits per heavy atom. The molecule has 8 heteroatoms. The molecule has 1 fully saturated rings. The fourth-order valence-electron chi connectivity index (χ4n) is 3.06. The second-order valence-corrected chi connectivity index (χ2v) is 8.47. The van der Waals surface area contributed by atoms with E-state index in [1.807, 2.05) is 30.5 Å². The van der Waals surface area contributed by atoms with E-state index in [1.54, 1.807) is 22.7 Å². The topological polar surface area (TPSA) is 73.0 Å². The second-order valence-electron chi connectivity index (χ2n) is 6.34. The van der Waals surface area contributed by atoms with Gasteiger partial charge in [0, 0.05) is 16.7 Å². The summed E-state index contributed by atoms with van der Waals surface area (Å²) in [4.78, 5) is 16.9. The van der Waals surface area contributed by atoms with Crippen molar-refractivity contribution in [3.8, 4) is 16.6 Å². The van der Waals surface area contributed by atoms with E-state index in [2.05, 4.69) is 15.4 Å². The van der Waals surface area contributed by atoms with Crippen LogP contribution in [-0.2, 0) is 4.79 Å². The zero-order chi connectivity index (χ0) is 17.9. The van der Waals surface area contributed by atoms with Gasteiger partial charge in [-0.15, -0.1) is 23.1 Å². The highest BCUT2D eigenvalue weighted by molar-refractivity contribution is 8.00. The first-order valence-electron chi connectivity index (χ1n) is 8.67. The lowest BCUT2D eigenvalue weighted by atomic mass is 10.4. The number of nitrogens with zero attached hydrogens (tertiary/aromatic N) is 3. The number of thioether (sulfide) groups is 1. The van der Waals surface area contributed by atoms with Gasteiger partial charge in [-0.2, -0.15) is 9.78 Å². The average Bonchev–Trinajstić information content (AvgIpc) is 3.39. The molecule has 26 heavy (non-hydrogen) atoms. The van der Waals surface area contributed by atoms with Gasteiger partial charge in [0.15, 0.2) is 5.76 Å².